The average Bonchev–Trinajstić information content (AvgIpc) is 3.21. The van der Waals surface area contributed by atoms with Crippen LogP contribution in [0.5, 0.6) is 0 Å². The zero-order chi connectivity index (χ0) is 14.4. The summed E-state index contributed by atoms with van der Waals surface area (Å²) >= 11 is 0. The maximum Gasteiger partial charge on any atom is 0.191 e. The quantitative estimate of drug-likeness (QED) is 0.615. The highest BCUT2D eigenvalue weighted by atomic mass is 15.2. The maximum absolute atomic E-state index is 4.64. The number of hydrogen-bond donors (Lipinski definition) is 2. The highest BCUT2D eigenvalue weighted by Gasteiger charge is 2.21. The Labute approximate surface area is 122 Å². The van der Waals surface area contributed by atoms with E-state index < -0.39 is 0 Å². The first-order valence-corrected chi connectivity index (χ1v) is 7.44. The molecule has 0 aromatic heterocycles. The smallest absolute Gasteiger partial charge is 0.191 e. The Bertz CT molecular complexity index is 432. The van der Waals surface area contributed by atoms with Crippen molar-refractivity contribution in [2.75, 3.05) is 20.6 Å². The number of rotatable bonds is 6. The summed E-state index contributed by atoms with van der Waals surface area (Å²) in [6.07, 6.45) is 2.54. The monoisotopic (exact) mass is 274 g/mol. The number of benzene rings is 1. The van der Waals surface area contributed by atoms with Gasteiger partial charge in [0.25, 0.3) is 0 Å². The Hall–Kier alpha value is -1.55. The van der Waals surface area contributed by atoms with Gasteiger partial charge in [-0.15, -0.1) is 0 Å². The van der Waals surface area contributed by atoms with Crippen LogP contribution < -0.4 is 10.6 Å². The summed E-state index contributed by atoms with van der Waals surface area (Å²) in [6, 6.07) is 9.35. The molecule has 0 unspecified atom stereocenters. The third-order valence-corrected chi connectivity index (χ3v) is 3.20. The molecule has 0 radical (unpaired) electrons. The van der Waals surface area contributed by atoms with Gasteiger partial charge in [-0.3, -0.25) is 0 Å². The van der Waals surface area contributed by atoms with Crippen molar-refractivity contribution in [3.8, 4) is 0 Å². The first-order valence-electron chi connectivity index (χ1n) is 7.44. The summed E-state index contributed by atoms with van der Waals surface area (Å²) in [7, 11) is 4.18. The van der Waals surface area contributed by atoms with Gasteiger partial charge in [0.15, 0.2) is 5.96 Å². The fourth-order valence-corrected chi connectivity index (χ4v) is 2.03. The van der Waals surface area contributed by atoms with Gasteiger partial charge in [0.2, 0.25) is 0 Å². The third-order valence-electron chi connectivity index (χ3n) is 3.20. The van der Waals surface area contributed by atoms with Crippen LogP contribution in [0.3, 0.4) is 0 Å². The van der Waals surface area contributed by atoms with Gasteiger partial charge in [-0.05, 0) is 45.0 Å². The molecule has 0 aliphatic heterocycles. The summed E-state index contributed by atoms with van der Waals surface area (Å²) in [4.78, 5) is 6.82. The fraction of sp³-hybridized carbons (Fsp3) is 0.562. The molecule has 0 bridgehead atoms. The maximum atomic E-state index is 4.64. The Balaban J connectivity index is 1.90. The molecule has 1 aromatic carbocycles. The highest BCUT2D eigenvalue weighted by molar-refractivity contribution is 5.80. The van der Waals surface area contributed by atoms with Crippen LogP contribution in [0.4, 0.5) is 0 Å². The average molecular weight is 274 g/mol. The van der Waals surface area contributed by atoms with Crippen molar-refractivity contribution < 1.29 is 0 Å². The summed E-state index contributed by atoms with van der Waals surface area (Å²) in [5.41, 5.74) is 2.59. The lowest BCUT2D eigenvalue weighted by Gasteiger charge is -2.11. The lowest BCUT2D eigenvalue weighted by molar-refractivity contribution is 0.402. The summed E-state index contributed by atoms with van der Waals surface area (Å²) in [5.74, 6) is 0.937. The number of aliphatic imine (C=N–C) groups is 1. The van der Waals surface area contributed by atoms with Crippen molar-refractivity contribution in [3.63, 3.8) is 0 Å². The minimum Gasteiger partial charge on any atom is -0.357 e. The molecule has 0 amide bonds. The van der Waals surface area contributed by atoms with Crippen LogP contribution in [0.1, 0.15) is 30.9 Å². The SMILES string of the molecule is CCNC(=NCc1ccc(CN(C)C)cc1)NC1CC1. The predicted octanol–water partition coefficient (Wildman–Crippen LogP) is 1.97. The van der Waals surface area contributed by atoms with E-state index in [1.54, 1.807) is 0 Å². The molecule has 4 nitrogen and oxygen atoms in total. The van der Waals surface area contributed by atoms with Crippen LogP contribution >= 0.6 is 0 Å². The van der Waals surface area contributed by atoms with E-state index >= 15 is 0 Å². The second kappa shape index (κ2) is 7.29. The zero-order valence-electron chi connectivity index (χ0n) is 12.8. The van der Waals surface area contributed by atoms with Crippen LogP contribution in [-0.4, -0.2) is 37.5 Å². The van der Waals surface area contributed by atoms with Crippen LogP contribution in [-0.2, 0) is 13.1 Å². The van der Waals surface area contributed by atoms with Gasteiger partial charge in [0.05, 0.1) is 6.54 Å². The second-order valence-corrected chi connectivity index (χ2v) is 5.67. The van der Waals surface area contributed by atoms with Crippen LogP contribution in [0, 0.1) is 0 Å². The van der Waals surface area contributed by atoms with Crippen LogP contribution in [0.25, 0.3) is 0 Å². The third kappa shape index (κ3) is 5.21. The van der Waals surface area contributed by atoms with E-state index in [4.69, 9.17) is 0 Å². The minimum atomic E-state index is 0.635. The Morgan fingerprint density at radius 3 is 2.40 bits per heavy atom. The normalized spacial score (nSPS) is 15.5. The molecule has 1 saturated carbocycles. The fourth-order valence-electron chi connectivity index (χ4n) is 2.03. The van der Waals surface area contributed by atoms with E-state index in [2.05, 4.69) is 65.8 Å². The molecule has 0 heterocycles. The van der Waals surface area contributed by atoms with Crippen molar-refractivity contribution in [1.82, 2.24) is 15.5 Å². The zero-order valence-corrected chi connectivity index (χ0v) is 12.8. The molecular weight excluding hydrogens is 248 g/mol. The van der Waals surface area contributed by atoms with Crippen molar-refractivity contribution in [2.24, 2.45) is 4.99 Å². The predicted molar refractivity (Wildman–Crippen MR) is 84.8 cm³/mol. The van der Waals surface area contributed by atoms with E-state index in [-0.39, 0.29) is 0 Å². The molecule has 1 aromatic rings. The highest BCUT2D eigenvalue weighted by Crippen LogP contribution is 2.18. The van der Waals surface area contributed by atoms with Crippen molar-refractivity contribution >= 4 is 5.96 Å². The molecule has 2 N–H and O–H groups in total. The molecule has 0 atom stereocenters. The standard InChI is InChI=1S/C16H26N4/c1-4-17-16(19-15-9-10-15)18-11-13-5-7-14(8-6-13)12-20(2)3/h5-8,15H,4,9-12H2,1-3H3,(H2,17,18,19). The lowest BCUT2D eigenvalue weighted by atomic mass is 10.1. The van der Waals surface area contributed by atoms with Gasteiger partial charge >= 0.3 is 0 Å². The lowest BCUT2D eigenvalue weighted by Crippen LogP contribution is -2.38. The van der Waals surface area contributed by atoms with Crippen molar-refractivity contribution in [2.45, 2.75) is 38.9 Å². The molecule has 1 fully saturated rings. The van der Waals surface area contributed by atoms with E-state index in [1.807, 2.05) is 0 Å². The Morgan fingerprint density at radius 1 is 1.20 bits per heavy atom. The summed E-state index contributed by atoms with van der Waals surface area (Å²) in [5, 5.41) is 6.73. The van der Waals surface area contributed by atoms with E-state index in [9.17, 15) is 0 Å². The topological polar surface area (TPSA) is 39.7 Å². The summed E-state index contributed by atoms with van der Waals surface area (Å²) < 4.78 is 0. The number of guanidine groups is 1. The number of hydrogen-bond acceptors (Lipinski definition) is 2. The first kappa shape index (κ1) is 14.9. The van der Waals surface area contributed by atoms with Crippen molar-refractivity contribution in [1.29, 1.82) is 0 Å². The second-order valence-electron chi connectivity index (χ2n) is 5.67. The first-order chi connectivity index (χ1) is 9.67. The summed E-state index contributed by atoms with van der Waals surface area (Å²) in [6.45, 7) is 4.71. The van der Waals surface area contributed by atoms with Gasteiger partial charge < -0.3 is 15.5 Å². The molecule has 20 heavy (non-hydrogen) atoms. The molecule has 110 valence electrons. The Morgan fingerprint density at radius 2 is 1.85 bits per heavy atom. The van der Waals surface area contributed by atoms with Crippen molar-refractivity contribution in [3.05, 3.63) is 35.4 Å². The molecule has 2 rings (SSSR count). The molecule has 1 aliphatic rings. The number of nitrogens with zero attached hydrogens (tertiary/aromatic N) is 2. The molecular formula is C16H26N4. The van der Waals surface area contributed by atoms with E-state index in [0.717, 1.165) is 25.6 Å². The number of nitrogens with one attached hydrogen (secondary N) is 2. The Kier molecular flexibility index (Phi) is 5.41. The largest absolute Gasteiger partial charge is 0.357 e. The van der Waals surface area contributed by atoms with E-state index in [0.29, 0.717) is 6.04 Å². The van der Waals surface area contributed by atoms with Gasteiger partial charge in [-0.1, -0.05) is 24.3 Å². The van der Waals surface area contributed by atoms with E-state index in [1.165, 1.54) is 24.0 Å². The van der Waals surface area contributed by atoms with Crippen LogP contribution in [0.2, 0.25) is 0 Å². The van der Waals surface area contributed by atoms with Gasteiger partial charge in [-0.2, -0.15) is 0 Å². The molecule has 1 aliphatic carbocycles. The van der Waals surface area contributed by atoms with Gasteiger partial charge in [0.1, 0.15) is 0 Å². The van der Waals surface area contributed by atoms with Crippen LogP contribution in [0.15, 0.2) is 29.3 Å². The van der Waals surface area contributed by atoms with Gasteiger partial charge in [0, 0.05) is 19.1 Å². The molecule has 0 spiro atoms. The molecule has 0 saturated heterocycles. The molecule has 4 heteroatoms. The minimum absolute atomic E-state index is 0.635. The van der Waals surface area contributed by atoms with Gasteiger partial charge in [-0.25, -0.2) is 4.99 Å².